The van der Waals surface area contributed by atoms with Crippen LogP contribution >= 0.6 is 0 Å². The van der Waals surface area contributed by atoms with E-state index in [9.17, 15) is 19.7 Å². The smallest absolute Gasteiger partial charge is 0.522 e. The Labute approximate surface area is 166 Å². The van der Waals surface area contributed by atoms with Crippen LogP contribution in [0.3, 0.4) is 0 Å². The van der Waals surface area contributed by atoms with E-state index in [0.29, 0.717) is 37.0 Å². The number of benzene rings is 1. The molecule has 3 heterocycles. The second kappa shape index (κ2) is 7.76. The van der Waals surface area contributed by atoms with Crippen LogP contribution in [-0.2, 0) is 11.2 Å². The van der Waals surface area contributed by atoms with E-state index < -0.39 is 19.1 Å². The number of imidazole rings is 1. The number of fused-ring (bicyclic) bond motifs is 1. The molecule has 4 rings (SSSR count). The van der Waals surface area contributed by atoms with Crippen molar-refractivity contribution in [3.05, 3.63) is 41.5 Å². The van der Waals surface area contributed by atoms with Gasteiger partial charge in [0.1, 0.15) is 29.2 Å². The predicted octanol–water partition coefficient (Wildman–Crippen LogP) is 0.203. The molecule has 1 unspecified atom stereocenters. The molecule has 1 aromatic carbocycles. The fraction of sp³-hybridized carbons (Fsp3) is 0.389. The number of likely N-dealkylation sites (tertiary alicyclic amines) is 1. The van der Waals surface area contributed by atoms with Crippen LogP contribution in [-0.4, -0.2) is 63.2 Å². The second-order valence-electron chi connectivity index (χ2n) is 7.13. The minimum absolute atomic E-state index is 0.112. The topological polar surface area (TPSA) is 151 Å². The van der Waals surface area contributed by atoms with Gasteiger partial charge in [0.2, 0.25) is 5.91 Å². The predicted molar refractivity (Wildman–Crippen MR) is 102 cm³/mol. The normalized spacial score (nSPS) is 19.4. The Morgan fingerprint density at radius 1 is 1.45 bits per heavy atom. The summed E-state index contributed by atoms with van der Waals surface area (Å²) >= 11 is 0. The van der Waals surface area contributed by atoms with Crippen molar-refractivity contribution in [3.8, 4) is 11.5 Å². The fourth-order valence-electron chi connectivity index (χ4n) is 3.68. The number of nitrogens with one attached hydrogen (secondary N) is 1. The second-order valence-corrected chi connectivity index (χ2v) is 7.13. The number of aromatic amines is 1. The van der Waals surface area contributed by atoms with Crippen molar-refractivity contribution < 1.29 is 29.1 Å². The Morgan fingerprint density at radius 3 is 3.00 bits per heavy atom. The zero-order valence-corrected chi connectivity index (χ0v) is 15.6. The molecule has 29 heavy (non-hydrogen) atoms. The Kier molecular flexibility index (Phi) is 5.16. The molecular formula is C18H21BN4O6. The zero-order valence-electron chi connectivity index (χ0n) is 15.6. The molecule has 2 atom stereocenters. The summed E-state index contributed by atoms with van der Waals surface area (Å²) in [5, 5.41) is 19.4. The summed E-state index contributed by atoms with van der Waals surface area (Å²) in [6, 6.07) is 2.48. The maximum absolute atomic E-state index is 12.6. The summed E-state index contributed by atoms with van der Waals surface area (Å²) in [6.45, 7) is 0.737. The summed E-state index contributed by atoms with van der Waals surface area (Å²) in [5.74, 6) is -1.17. The number of nitrogens with two attached hydrogens (primary N) is 1. The number of aromatic nitrogens is 2. The molecule has 1 aromatic heterocycles. The lowest BCUT2D eigenvalue weighted by Crippen LogP contribution is -2.38. The van der Waals surface area contributed by atoms with E-state index in [4.69, 9.17) is 15.1 Å². The van der Waals surface area contributed by atoms with E-state index >= 15 is 0 Å². The number of H-pyrrole nitrogens is 1. The van der Waals surface area contributed by atoms with Gasteiger partial charge < -0.3 is 35.1 Å². The third kappa shape index (κ3) is 3.78. The number of nitrogens with zero attached hydrogens (tertiary/aromatic N) is 2. The molecular weight excluding hydrogens is 379 g/mol. The van der Waals surface area contributed by atoms with Crippen LogP contribution in [0, 0.1) is 0 Å². The summed E-state index contributed by atoms with van der Waals surface area (Å²) < 4.78 is 11.3. The van der Waals surface area contributed by atoms with Crippen molar-refractivity contribution in [2.24, 2.45) is 5.73 Å². The molecule has 0 aliphatic carbocycles. The third-order valence-corrected chi connectivity index (χ3v) is 5.18. The molecule has 1 saturated heterocycles. The fourth-order valence-corrected chi connectivity index (χ4v) is 3.68. The summed E-state index contributed by atoms with van der Waals surface area (Å²) in [7, 11) is -1.04. The van der Waals surface area contributed by atoms with Crippen LogP contribution in [0.5, 0.6) is 11.5 Å². The molecule has 5 N–H and O–H groups in total. The number of hydrogen-bond acceptors (Lipinski definition) is 7. The van der Waals surface area contributed by atoms with Crippen molar-refractivity contribution in [1.29, 1.82) is 0 Å². The lowest BCUT2D eigenvalue weighted by atomic mass is 9.78. The minimum Gasteiger partial charge on any atom is -0.535 e. The highest BCUT2D eigenvalue weighted by Crippen LogP contribution is 2.37. The van der Waals surface area contributed by atoms with Gasteiger partial charge in [-0.25, -0.2) is 9.78 Å². The van der Waals surface area contributed by atoms with Crippen LogP contribution in [0.1, 0.15) is 34.1 Å². The van der Waals surface area contributed by atoms with Crippen molar-refractivity contribution in [1.82, 2.24) is 14.9 Å². The van der Waals surface area contributed by atoms with Gasteiger partial charge in [0.15, 0.2) is 0 Å². The van der Waals surface area contributed by atoms with Gasteiger partial charge in [0, 0.05) is 19.2 Å². The van der Waals surface area contributed by atoms with E-state index in [2.05, 4.69) is 9.97 Å². The minimum atomic E-state index is -1.20. The molecule has 10 nitrogen and oxygen atoms in total. The van der Waals surface area contributed by atoms with Crippen LogP contribution < -0.4 is 15.1 Å². The van der Waals surface area contributed by atoms with Gasteiger partial charge in [-0.1, -0.05) is 6.07 Å². The number of carboxylic acid groups (broad SMARTS) is 1. The van der Waals surface area contributed by atoms with E-state index in [1.807, 2.05) is 0 Å². The third-order valence-electron chi connectivity index (χ3n) is 5.18. The standard InChI is InChI=1S/C18H21BN4O6/c20-15(12-7-21-9-22-12)17(24)23-6-4-11(8-23)28-13-2-1-10-3-5-19(27)29-16(10)14(13)18(25)26/h1-2,7,9,11,15,27H,3-6,8,20H2,(H,21,22)(H,25,26)/t11-,15?/m0/s1. The SMILES string of the molecule is NC(C(=O)N1CC[C@H](Oc2ccc3c(c2C(=O)O)OB(O)CC3)C1)c1c[nH]cn1. The molecule has 2 aromatic rings. The van der Waals surface area contributed by atoms with Gasteiger partial charge in [0.25, 0.3) is 0 Å². The van der Waals surface area contributed by atoms with Gasteiger partial charge >= 0.3 is 13.1 Å². The number of carbonyl (C=O) groups excluding carboxylic acids is 1. The molecule has 1 amide bonds. The van der Waals surface area contributed by atoms with Gasteiger partial charge in [0.05, 0.1) is 18.6 Å². The average molecular weight is 400 g/mol. The molecule has 2 aliphatic heterocycles. The molecule has 2 aliphatic rings. The maximum atomic E-state index is 12.6. The first-order valence-corrected chi connectivity index (χ1v) is 9.37. The number of aryl methyl sites for hydroxylation is 1. The van der Waals surface area contributed by atoms with Gasteiger partial charge in [-0.3, -0.25) is 4.79 Å². The highest BCUT2D eigenvalue weighted by molar-refractivity contribution is 6.44. The molecule has 0 spiro atoms. The maximum Gasteiger partial charge on any atom is 0.522 e. The van der Waals surface area contributed by atoms with E-state index in [-0.39, 0.29) is 35.6 Å². The Hall–Kier alpha value is -3.05. The number of carboxylic acids is 1. The quantitative estimate of drug-likeness (QED) is 0.520. The van der Waals surface area contributed by atoms with Crippen LogP contribution in [0.25, 0.3) is 0 Å². The monoisotopic (exact) mass is 400 g/mol. The zero-order chi connectivity index (χ0) is 20.5. The number of hydrogen-bond donors (Lipinski definition) is 4. The largest absolute Gasteiger partial charge is 0.535 e. The molecule has 0 bridgehead atoms. The Balaban J connectivity index is 1.48. The number of ether oxygens (including phenoxy) is 1. The average Bonchev–Trinajstić information content (AvgIpc) is 3.38. The van der Waals surface area contributed by atoms with Gasteiger partial charge in [-0.15, -0.1) is 0 Å². The lowest BCUT2D eigenvalue weighted by molar-refractivity contribution is -0.132. The number of aromatic carboxylic acids is 1. The van der Waals surface area contributed by atoms with Crippen LogP contribution in [0.2, 0.25) is 6.32 Å². The number of rotatable bonds is 5. The van der Waals surface area contributed by atoms with Crippen molar-refractivity contribution in [2.75, 3.05) is 13.1 Å². The molecule has 11 heteroatoms. The summed E-state index contributed by atoms with van der Waals surface area (Å²) in [6.07, 6.45) is 4.12. The Bertz CT molecular complexity index is 921. The Morgan fingerprint density at radius 2 is 2.28 bits per heavy atom. The summed E-state index contributed by atoms with van der Waals surface area (Å²) in [5.41, 5.74) is 7.04. The molecule has 152 valence electrons. The van der Waals surface area contributed by atoms with Crippen molar-refractivity contribution >= 4 is 19.0 Å². The van der Waals surface area contributed by atoms with Crippen LogP contribution in [0.15, 0.2) is 24.7 Å². The van der Waals surface area contributed by atoms with E-state index in [1.54, 1.807) is 23.2 Å². The van der Waals surface area contributed by atoms with E-state index in [0.717, 1.165) is 0 Å². The highest BCUT2D eigenvalue weighted by Gasteiger charge is 2.34. The van der Waals surface area contributed by atoms with Crippen LogP contribution in [0.4, 0.5) is 0 Å². The molecule has 1 fully saturated rings. The molecule has 0 saturated carbocycles. The summed E-state index contributed by atoms with van der Waals surface area (Å²) in [4.78, 5) is 32.8. The van der Waals surface area contributed by atoms with Gasteiger partial charge in [-0.05, 0) is 24.4 Å². The van der Waals surface area contributed by atoms with Gasteiger partial charge in [-0.2, -0.15) is 0 Å². The van der Waals surface area contributed by atoms with Crippen molar-refractivity contribution in [3.63, 3.8) is 0 Å². The first-order valence-electron chi connectivity index (χ1n) is 9.37. The molecule has 0 radical (unpaired) electrons. The first-order chi connectivity index (χ1) is 13.9. The van der Waals surface area contributed by atoms with Crippen molar-refractivity contribution in [2.45, 2.75) is 31.3 Å². The highest BCUT2D eigenvalue weighted by atomic mass is 16.5. The van der Waals surface area contributed by atoms with E-state index in [1.165, 1.54) is 6.33 Å². The number of amides is 1. The number of carbonyl (C=O) groups is 2. The lowest BCUT2D eigenvalue weighted by Gasteiger charge is -2.24. The first kappa shape index (κ1) is 19.3.